The number of hydrogen-bond acceptors (Lipinski definition) is 4. The molecule has 0 fully saturated rings. The molecule has 202 valence electrons. The lowest BCUT2D eigenvalue weighted by molar-refractivity contribution is -0.139. The van der Waals surface area contributed by atoms with Crippen LogP contribution in [0.4, 0.5) is 5.69 Å². The number of sulfonamides is 1. The largest absolute Gasteiger partial charge is 0.354 e. The summed E-state index contributed by atoms with van der Waals surface area (Å²) < 4.78 is 29.5. The fourth-order valence-electron chi connectivity index (χ4n) is 3.83. The van der Waals surface area contributed by atoms with E-state index in [0.29, 0.717) is 12.2 Å². The second kappa shape index (κ2) is 13.1. The van der Waals surface area contributed by atoms with E-state index in [9.17, 15) is 18.0 Å². The van der Waals surface area contributed by atoms with Crippen molar-refractivity contribution >= 4 is 43.5 Å². The fourth-order valence-corrected chi connectivity index (χ4v) is 5.69. The Balaban J connectivity index is 1.98. The third kappa shape index (κ3) is 7.68. The van der Waals surface area contributed by atoms with Crippen molar-refractivity contribution in [3.63, 3.8) is 0 Å². The van der Waals surface area contributed by atoms with E-state index in [1.807, 2.05) is 45.0 Å². The smallest absolute Gasteiger partial charge is 0.264 e. The Hall–Kier alpha value is -3.17. The zero-order chi connectivity index (χ0) is 27.9. The van der Waals surface area contributed by atoms with Crippen LogP contribution >= 0.6 is 15.9 Å². The fraction of sp³-hybridized carbons (Fsp3) is 0.310. The molecule has 3 rings (SSSR count). The minimum Gasteiger partial charge on any atom is -0.354 e. The van der Waals surface area contributed by atoms with Crippen LogP contribution < -0.4 is 9.62 Å². The van der Waals surface area contributed by atoms with Gasteiger partial charge in [0.1, 0.15) is 12.6 Å². The number of para-hydroxylation sites is 1. The summed E-state index contributed by atoms with van der Waals surface area (Å²) in [7, 11) is -4.07. The van der Waals surface area contributed by atoms with Gasteiger partial charge >= 0.3 is 0 Å². The summed E-state index contributed by atoms with van der Waals surface area (Å²) in [5, 5.41) is 2.89. The average molecular weight is 601 g/mol. The molecular weight excluding hydrogens is 566 g/mol. The molecule has 0 aliphatic heterocycles. The first kappa shape index (κ1) is 29.4. The molecule has 0 bridgehead atoms. The van der Waals surface area contributed by atoms with Gasteiger partial charge in [0.2, 0.25) is 11.8 Å². The second-order valence-electron chi connectivity index (χ2n) is 9.63. The molecule has 3 aromatic rings. The molecule has 0 spiro atoms. The van der Waals surface area contributed by atoms with Crippen molar-refractivity contribution in [1.82, 2.24) is 10.2 Å². The summed E-state index contributed by atoms with van der Waals surface area (Å²) in [6.45, 7) is 7.66. The molecule has 0 saturated heterocycles. The summed E-state index contributed by atoms with van der Waals surface area (Å²) in [6, 6.07) is 21.7. The third-order valence-corrected chi connectivity index (χ3v) is 8.31. The lowest BCUT2D eigenvalue weighted by Crippen LogP contribution is -2.51. The first-order valence-corrected chi connectivity index (χ1v) is 14.7. The molecule has 0 aromatic heterocycles. The summed E-state index contributed by atoms with van der Waals surface area (Å²) in [5.41, 5.74) is 2.09. The first-order chi connectivity index (χ1) is 18.0. The maximum Gasteiger partial charge on any atom is 0.264 e. The van der Waals surface area contributed by atoms with Gasteiger partial charge in [0.15, 0.2) is 0 Å². The molecule has 1 N–H and O–H groups in total. The standard InChI is InChI=1S/C29H34BrN3O4S/c1-21(2)18-31-29(35)23(4)32(19-24-9-8-10-25(30)17-24)28(34)20-33(26-11-6-5-7-12-26)38(36,37)27-15-13-22(3)14-16-27/h5-17,21,23H,18-20H2,1-4H3,(H,31,35). The quantitative estimate of drug-likeness (QED) is 0.330. The molecule has 0 radical (unpaired) electrons. The second-order valence-corrected chi connectivity index (χ2v) is 12.4. The molecule has 0 saturated carbocycles. The highest BCUT2D eigenvalue weighted by molar-refractivity contribution is 9.10. The van der Waals surface area contributed by atoms with Gasteiger partial charge in [-0.3, -0.25) is 13.9 Å². The molecule has 0 heterocycles. The minimum atomic E-state index is -4.07. The highest BCUT2D eigenvalue weighted by Gasteiger charge is 2.32. The zero-order valence-electron chi connectivity index (χ0n) is 22.1. The van der Waals surface area contributed by atoms with Gasteiger partial charge in [-0.15, -0.1) is 0 Å². The molecule has 1 atom stereocenters. The SMILES string of the molecule is Cc1ccc(S(=O)(=O)N(CC(=O)N(Cc2cccc(Br)c2)C(C)C(=O)NCC(C)C)c2ccccc2)cc1. The predicted molar refractivity (Wildman–Crippen MR) is 154 cm³/mol. The number of hydrogen-bond donors (Lipinski definition) is 1. The lowest BCUT2D eigenvalue weighted by Gasteiger charge is -2.32. The van der Waals surface area contributed by atoms with E-state index in [0.717, 1.165) is 19.9 Å². The van der Waals surface area contributed by atoms with E-state index < -0.39 is 28.5 Å². The van der Waals surface area contributed by atoms with E-state index in [1.165, 1.54) is 17.0 Å². The van der Waals surface area contributed by atoms with E-state index in [-0.39, 0.29) is 23.3 Å². The van der Waals surface area contributed by atoms with Crippen LogP contribution in [0.1, 0.15) is 31.9 Å². The van der Waals surface area contributed by atoms with Crippen LogP contribution in [0.3, 0.4) is 0 Å². The predicted octanol–water partition coefficient (Wildman–Crippen LogP) is 5.14. The molecule has 7 nitrogen and oxygen atoms in total. The van der Waals surface area contributed by atoms with E-state index >= 15 is 0 Å². The number of carbonyl (C=O) groups is 2. The highest BCUT2D eigenvalue weighted by Crippen LogP contribution is 2.25. The maximum atomic E-state index is 13.9. The lowest BCUT2D eigenvalue weighted by atomic mass is 10.1. The van der Waals surface area contributed by atoms with Gasteiger partial charge in [-0.2, -0.15) is 0 Å². The van der Waals surface area contributed by atoms with E-state index in [4.69, 9.17) is 0 Å². The number of benzene rings is 3. The Morgan fingerprint density at radius 2 is 1.58 bits per heavy atom. The van der Waals surface area contributed by atoms with Crippen molar-refractivity contribution in [3.8, 4) is 0 Å². The zero-order valence-corrected chi connectivity index (χ0v) is 24.5. The van der Waals surface area contributed by atoms with E-state index in [2.05, 4.69) is 21.2 Å². The van der Waals surface area contributed by atoms with Crippen LogP contribution in [-0.4, -0.2) is 44.3 Å². The summed E-state index contributed by atoms with van der Waals surface area (Å²) in [6.07, 6.45) is 0. The Morgan fingerprint density at radius 3 is 2.18 bits per heavy atom. The number of halogens is 1. The van der Waals surface area contributed by atoms with Crippen LogP contribution in [-0.2, 0) is 26.2 Å². The number of rotatable bonds is 11. The molecule has 2 amide bonds. The van der Waals surface area contributed by atoms with Crippen LogP contribution in [0.5, 0.6) is 0 Å². The molecule has 0 aliphatic rings. The highest BCUT2D eigenvalue weighted by atomic mass is 79.9. The normalized spacial score (nSPS) is 12.2. The van der Waals surface area contributed by atoms with Crippen LogP contribution in [0.2, 0.25) is 0 Å². The summed E-state index contributed by atoms with van der Waals surface area (Å²) in [4.78, 5) is 28.4. The molecule has 0 aliphatic carbocycles. The molecule has 9 heteroatoms. The van der Waals surface area contributed by atoms with Gasteiger partial charge in [-0.05, 0) is 61.7 Å². The van der Waals surface area contributed by atoms with Gasteiger partial charge in [-0.1, -0.05) is 77.8 Å². The Labute approximate surface area is 234 Å². The van der Waals surface area contributed by atoms with Gasteiger partial charge in [0.25, 0.3) is 10.0 Å². The Morgan fingerprint density at radius 1 is 0.921 bits per heavy atom. The Kier molecular flexibility index (Phi) is 10.1. The summed E-state index contributed by atoms with van der Waals surface area (Å²) in [5.74, 6) is -0.542. The van der Waals surface area contributed by atoms with Crippen molar-refractivity contribution in [2.45, 2.75) is 45.2 Å². The van der Waals surface area contributed by atoms with Gasteiger partial charge < -0.3 is 10.2 Å². The van der Waals surface area contributed by atoms with Gasteiger partial charge in [0.05, 0.1) is 10.6 Å². The van der Waals surface area contributed by atoms with Gasteiger partial charge in [0, 0.05) is 17.6 Å². The van der Waals surface area contributed by atoms with Crippen molar-refractivity contribution in [2.24, 2.45) is 5.92 Å². The maximum absolute atomic E-state index is 13.9. The molecule has 38 heavy (non-hydrogen) atoms. The number of carbonyl (C=O) groups excluding carboxylic acids is 2. The third-order valence-electron chi connectivity index (χ3n) is 6.03. The van der Waals surface area contributed by atoms with E-state index in [1.54, 1.807) is 49.4 Å². The number of aryl methyl sites for hydroxylation is 1. The van der Waals surface area contributed by atoms with Crippen LogP contribution in [0.15, 0.2) is 88.2 Å². The van der Waals surface area contributed by atoms with Crippen molar-refractivity contribution in [3.05, 3.63) is 94.5 Å². The summed E-state index contributed by atoms with van der Waals surface area (Å²) >= 11 is 3.45. The Bertz CT molecular complexity index is 1350. The minimum absolute atomic E-state index is 0.0843. The number of amides is 2. The first-order valence-electron chi connectivity index (χ1n) is 12.4. The van der Waals surface area contributed by atoms with Crippen LogP contribution in [0, 0.1) is 12.8 Å². The number of nitrogens with zero attached hydrogens (tertiary/aromatic N) is 2. The van der Waals surface area contributed by atoms with Gasteiger partial charge in [-0.25, -0.2) is 8.42 Å². The topological polar surface area (TPSA) is 86.8 Å². The van der Waals surface area contributed by atoms with Crippen LogP contribution in [0.25, 0.3) is 0 Å². The monoisotopic (exact) mass is 599 g/mol. The molecular formula is C29H34BrN3O4S. The van der Waals surface area contributed by atoms with Crippen molar-refractivity contribution < 1.29 is 18.0 Å². The van der Waals surface area contributed by atoms with Crippen molar-refractivity contribution in [2.75, 3.05) is 17.4 Å². The number of anilines is 1. The molecule has 3 aromatic carbocycles. The number of nitrogens with one attached hydrogen (secondary N) is 1. The average Bonchev–Trinajstić information content (AvgIpc) is 2.89. The van der Waals surface area contributed by atoms with Crippen molar-refractivity contribution in [1.29, 1.82) is 0 Å². The molecule has 1 unspecified atom stereocenters.